The molecule has 3 aromatic carbocycles. The third-order valence-corrected chi connectivity index (χ3v) is 4.73. The first-order valence-corrected chi connectivity index (χ1v) is 8.68. The Balaban J connectivity index is 2.22. The third-order valence-electron chi connectivity index (χ3n) is 4.73. The second-order valence-corrected chi connectivity index (χ2v) is 6.71. The highest BCUT2D eigenvalue weighted by molar-refractivity contribution is 5.45. The van der Waals surface area contributed by atoms with E-state index in [-0.39, 0.29) is 17.7 Å². The normalized spacial score (nSPS) is 13.8. The van der Waals surface area contributed by atoms with Crippen molar-refractivity contribution in [2.24, 2.45) is 5.73 Å². The summed E-state index contributed by atoms with van der Waals surface area (Å²) in [6.45, 7) is 0. The standard InChI is InChI=1S/C22H18F5NO/c1-29-20-12-15(7-8-19(20)24)21(28,13-14-5-3-2-4-6-14)16-9-17(22(25,26)27)11-18(23)10-16/h2-12H,13,28H2,1H3/t21-/m1/s1. The first-order chi connectivity index (χ1) is 13.6. The second kappa shape index (κ2) is 7.83. The summed E-state index contributed by atoms with van der Waals surface area (Å²) < 4.78 is 72.8. The van der Waals surface area contributed by atoms with Crippen LogP contribution in [-0.4, -0.2) is 7.11 Å². The van der Waals surface area contributed by atoms with Crippen LogP contribution >= 0.6 is 0 Å². The van der Waals surface area contributed by atoms with E-state index in [2.05, 4.69) is 0 Å². The van der Waals surface area contributed by atoms with Crippen LogP contribution in [0.15, 0.2) is 66.7 Å². The summed E-state index contributed by atoms with van der Waals surface area (Å²) in [5, 5.41) is 0. The lowest BCUT2D eigenvalue weighted by atomic mass is 9.78. The van der Waals surface area contributed by atoms with E-state index >= 15 is 0 Å². The van der Waals surface area contributed by atoms with Gasteiger partial charge >= 0.3 is 6.18 Å². The van der Waals surface area contributed by atoms with Gasteiger partial charge in [-0.2, -0.15) is 13.2 Å². The lowest BCUT2D eigenvalue weighted by Crippen LogP contribution is -2.40. The minimum Gasteiger partial charge on any atom is -0.494 e. The van der Waals surface area contributed by atoms with Crippen LogP contribution in [-0.2, 0) is 18.1 Å². The average Bonchev–Trinajstić information content (AvgIpc) is 2.68. The maximum atomic E-state index is 14.1. The van der Waals surface area contributed by atoms with Crippen molar-refractivity contribution >= 4 is 0 Å². The Morgan fingerprint density at radius 3 is 2.10 bits per heavy atom. The minimum atomic E-state index is -4.75. The Morgan fingerprint density at radius 1 is 0.828 bits per heavy atom. The molecule has 29 heavy (non-hydrogen) atoms. The van der Waals surface area contributed by atoms with E-state index in [1.165, 1.54) is 19.2 Å². The monoisotopic (exact) mass is 407 g/mol. The third kappa shape index (κ3) is 4.40. The Bertz CT molecular complexity index is 1000. The van der Waals surface area contributed by atoms with Gasteiger partial charge in [0.25, 0.3) is 0 Å². The van der Waals surface area contributed by atoms with Crippen LogP contribution in [0.25, 0.3) is 0 Å². The number of alkyl halides is 3. The molecule has 0 amide bonds. The van der Waals surface area contributed by atoms with Gasteiger partial charge in [0.2, 0.25) is 0 Å². The maximum Gasteiger partial charge on any atom is 0.416 e. The molecule has 3 aromatic rings. The highest BCUT2D eigenvalue weighted by Crippen LogP contribution is 2.37. The SMILES string of the molecule is COc1cc([C@](N)(Cc2ccccc2)c2cc(F)cc(C(F)(F)F)c2)ccc1F. The van der Waals surface area contributed by atoms with E-state index < -0.39 is 28.9 Å². The topological polar surface area (TPSA) is 35.2 Å². The van der Waals surface area contributed by atoms with Crippen LogP contribution in [0.3, 0.4) is 0 Å². The molecule has 1 atom stereocenters. The Kier molecular flexibility index (Phi) is 5.61. The summed E-state index contributed by atoms with van der Waals surface area (Å²) in [6, 6.07) is 14.8. The van der Waals surface area contributed by atoms with Gasteiger partial charge in [-0.1, -0.05) is 36.4 Å². The molecule has 152 valence electrons. The second-order valence-electron chi connectivity index (χ2n) is 6.71. The molecule has 0 aromatic heterocycles. The number of rotatable bonds is 5. The molecule has 0 bridgehead atoms. The Morgan fingerprint density at radius 2 is 1.48 bits per heavy atom. The number of hydrogen-bond acceptors (Lipinski definition) is 2. The van der Waals surface area contributed by atoms with Gasteiger partial charge in [0.1, 0.15) is 5.82 Å². The van der Waals surface area contributed by atoms with Crippen LogP contribution in [0.1, 0.15) is 22.3 Å². The molecular weight excluding hydrogens is 389 g/mol. The fourth-order valence-corrected chi connectivity index (χ4v) is 3.24. The smallest absolute Gasteiger partial charge is 0.416 e. The van der Waals surface area contributed by atoms with Crippen molar-refractivity contribution < 1.29 is 26.7 Å². The number of halogens is 5. The molecule has 0 saturated carbocycles. The highest BCUT2D eigenvalue weighted by Gasteiger charge is 2.36. The zero-order valence-corrected chi connectivity index (χ0v) is 15.4. The van der Waals surface area contributed by atoms with Gasteiger partial charge in [-0.05, 0) is 53.4 Å². The van der Waals surface area contributed by atoms with Gasteiger partial charge in [0.15, 0.2) is 11.6 Å². The fraction of sp³-hybridized carbons (Fsp3) is 0.182. The molecule has 2 N–H and O–H groups in total. The molecule has 0 fully saturated rings. The first-order valence-electron chi connectivity index (χ1n) is 8.68. The molecule has 0 aliphatic heterocycles. The molecule has 0 saturated heterocycles. The molecule has 7 heteroatoms. The lowest BCUT2D eigenvalue weighted by Gasteiger charge is -2.32. The van der Waals surface area contributed by atoms with Crippen LogP contribution in [0.2, 0.25) is 0 Å². The molecule has 0 heterocycles. The van der Waals surface area contributed by atoms with E-state index in [9.17, 15) is 22.0 Å². The van der Waals surface area contributed by atoms with Gasteiger partial charge in [0, 0.05) is 0 Å². The van der Waals surface area contributed by atoms with Gasteiger partial charge in [0.05, 0.1) is 18.2 Å². The molecule has 3 rings (SSSR count). The zero-order chi connectivity index (χ0) is 21.2. The summed E-state index contributed by atoms with van der Waals surface area (Å²) >= 11 is 0. The highest BCUT2D eigenvalue weighted by atomic mass is 19.4. The number of benzene rings is 3. The molecule has 0 aliphatic carbocycles. The van der Waals surface area contributed by atoms with Crippen molar-refractivity contribution in [1.29, 1.82) is 0 Å². The van der Waals surface area contributed by atoms with Gasteiger partial charge in [-0.15, -0.1) is 0 Å². The van der Waals surface area contributed by atoms with Crippen molar-refractivity contribution in [2.75, 3.05) is 7.11 Å². The van der Waals surface area contributed by atoms with Crippen molar-refractivity contribution in [2.45, 2.75) is 18.1 Å². The van der Waals surface area contributed by atoms with E-state index in [0.717, 1.165) is 23.8 Å². The predicted octanol–water partition coefficient (Wildman–Crippen LogP) is 5.44. The van der Waals surface area contributed by atoms with Crippen LogP contribution in [0.5, 0.6) is 5.75 Å². The first kappa shape index (κ1) is 20.8. The van der Waals surface area contributed by atoms with Crippen LogP contribution in [0.4, 0.5) is 22.0 Å². The van der Waals surface area contributed by atoms with Gasteiger partial charge < -0.3 is 10.5 Å². The van der Waals surface area contributed by atoms with Crippen LogP contribution < -0.4 is 10.5 Å². The predicted molar refractivity (Wildman–Crippen MR) is 99.5 cm³/mol. The number of methoxy groups -OCH3 is 1. The van der Waals surface area contributed by atoms with E-state index in [4.69, 9.17) is 10.5 Å². The van der Waals surface area contributed by atoms with Crippen molar-refractivity contribution in [3.05, 3.63) is 101 Å². The summed E-state index contributed by atoms with van der Waals surface area (Å²) in [5.41, 5.74) is 4.83. The number of hydrogen-bond donors (Lipinski definition) is 1. The summed E-state index contributed by atoms with van der Waals surface area (Å²) in [6.07, 6.45) is -4.69. The number of nitrogens with two attached hydrogens (primary N) is 1. The average molecular weight is 407 g/mol. The molecule has 0 spiro atoms. The van der Waals surface area contributed by atoms with Gasteiger partial charge in [-0.25, -0.2) is 8.78 Å². The van der Waals surface area contributed by atoms with Crippen LogP contribution in [0, 0.1) is 11.6 Å². The number of ether oxygens (including phenoxy) is 1. The van der Waals surface area contributed by atoms with E-state index in [1.54, 1.807) is 30.3 Å². The van der Waals surface area contributed by atoms with E-state index in [1.807, 2.05) is 0 Å². The summed E-state index contributed by atoms with van der Waals surface area (Å²) in [7, 11) is 1.27. The fourth-order valence-electron chi connectivity index (χ4n) is 3.24. The zero-order valence-electron chi connectivity index (χ0n) is 15.4. The molecule has 2 nitrogen and oxygen atoms in total. The molecule has 0 aliphatic rings. The maximum absolute atomic E-state index is 14.1. The van der Waals surface area contributed by atoms with Crippen molar-refractivity contribution in [3.8, 4) is 5.75 Å². The Hall–Kier alpha value is -2.93. The summed E-state index contributed by atoms with van der Waals surface area (Å²) in [5.74, 6) is -1.82. The minimum absolute atomic E-state index is 0.0589. The van der Waals surface area contributed by atoms with Crippen molar-refractivity contribution in [1.82, 2.24) is 0 Å². The largest absolute Gasteiger partial charge is 0.494 e. The van der Waals surface area contributed by atoms with Gasteiger partial charge in [-0.3, -0.25) is 0 Å². The molecule has 0 radical (unpaired) electrons. The van der Waals surface area contributed by atoms with Crippen molar-refractivity contribution in [3.63, 3.8) is 0 Å². The quantitative estimate of drug-likeness (QED) is 0.572. The van der Waals surface area contributed by atoms with E-state index in [0.29, 0.717) is 11.6 Å². The lowest BCUT2D eigenvalue weighted by molar-refractivity contribution is -0.137. The summed E-state index contributed by atoms with van der Waals surface area (Å²) in [4.78, 5) is 0. The Labute approximate surface area is 164 Å². The molecule has 0 unspecified atom stereocenters. The molecular formula is C22H18F5NO.